The summed E-state index contributed by atoms with van der Waals surface area (Å²) in [5.41, 5.74) is 0.493. The van der Waals surface area contributed by atoms with Gasteiger partial charge in [0.25, 0.3) is 0 Å². The molecule has 0 aromatic rings. The molecule has 160 valence electrons. The lowest BCUT2D eigenvalue weighted by molar-refractivity contribution is -0.929. The topological polar surface area (TPSA) is 26.3 Å². The minimum absolute atomic E-state index is 0.253. The first-order valence-electron chi connectivity index (χ1n) is 11.7. The zero-order chi connectivity index (χ0) is 20.4. The Hall–Kier alpha value is -0.830. The van der Waals surface area contributed by atoms with Crippen LogP contribution in [-0.2, 0) is 9.53 Å². The number of nitrogens with zero attached hydrogens (tertiary/aromatic N) is 1. The Morgan fingerprint density at radius 2 is 1.15 bits per heavy atom. The van der Waals surface area contributed by atoms with Crippen LogP contribution in [0, 0.1) is 0 Å². The van der Waals surface area contributed by atoms with Gasteiger partial charge in [0, 0.05) is 5.57 Å². The van der Waals surface area contributed by atoms with Gasteiger partial charge in [0.05, 0.1) is 32.8 Å². The Labute approximate surface area is 170 Å². The molecule has 0 radical (unpaired) electrons. The summed E-state index contributed by atoms with van der Waals surface area (Å²) in [4.78, 5) is 11.4. The van der Waals surface area contributed by atoms with Crippen molar-refractivity contribution >= 4 is 5.97 Å². The van der Waals surface area contributed by atoms with Crippen molar-refractivity contribution in [3.8, 4) is 0 Å². The minimum atomic E-state index is -0.253. The molecule has 3 nitrogen and oxygen atoms in total. The first kappa shape index (κ1) is 26.2. The van der Waals surface area contributed by atoms with Gasteiger partial charge >= 0.3 is 5.97 Å². The van der Waals surface area contributed by atoms with Crippen molar-refractivity contribution in [2.75, 3.05) is 32.8 Å². The van der Waals surface area contributed by atoms with E-state index in [4.69, 9.17) is 4.74 Å². The minimum Gasteiger partial charge on any atom is -0.462 e. The lowest BCUT2D eigenvalue weighted by atomic mass is 10.1. The highest BCUT2D eigenvalue weighted by molar-refractivity contribution is 5.86. The largest absolute Gasteiger partial charge is 0.462 e. The Morgan fingerprint density at radius 1 is 0.704 bits per heavy atom. The summed E-state index contributed by atoms with van der Waals surface area (Å²) in [5, 5.41) is 0. The van der Waals surface area contributed by atoms with Crippen LogP contribution in [0.25, 0.3) is 0 Å². The normalized spacial score (nSPS) is 11.6. The smallest absolute Gasteiger partial charge is 0.333 e. The zero-order valence-corrected chi connectivity index (χ0v) is 19.0. The zero-order valence-electron chi connectivity index (χ0n) is 19.0. The van der Waals surface area contributed by atoms with Gasteiger partial charge in [-0.2, -0.15) is 0 Å². The molecule has 0 saturated carbocycles. The van der Waals surface area contributed by atoms with Gasteiger partial charge in [-0.05, 0) is 58.3 Å². The van der Waals surface area contributed by atoms with E-state index in [1.165, 1.54) is 94.9 Å². The monoisotopic (exact) mass is 382 g/mol. The van der Waals surface area contributed by atoms with Crippen molar-refractivity contribution in [3.05, 3.63) is 12.2 Å². The molecule has 0 aliphatic carbocycles. The van der Waals surface area contributed by atoms with Crippen molar-refractivity contribution in [2.45, 2.75) is 105 Å². The predicted molar refractivity (Wildman–Crippen MR) is 118 cm³/mol. The maximum absolute atomic E-state index is 11.4. The van der Waals surface area contributed by atoms with Crippen LogP contribution in [0.15, 0.2) is 12.2 Å². The average Bonchev–Trinajstić information content (AvgIpc) is 2.66. The molecule has 0 aromatic carbocycles. The molecule has 0 saturated heterocycles. The summed E-state index contributed by atoms with van der Waals surface area (Å²) in [7, 11) is 0. The van der Waals surface area contributed by atoms with Crippen LogP contribution in [0.5, 0.6) is 0 Å². The van der Waals surface area contributed by atoms with E-state index in [1.54, 1.807) is 6.92 Å². The lowest BCUT2D eigenvalue weighted by Crippen LogP contribution is -2.50. The van der Waals surface area contributed by atoms with E-state index in [1.807, 2.05) is 0 Å². The molecule has 0 heterocycles. The van der Waals surface area contributed by atoms with Crippen LogP contribution in [0.2, 0.25) is 0 Å². The van der Waals surface area contributed by atoms with Crippen LogP contribution < -0.4 is 0 Å². The van der Waals surface area contributed by atoms with E-state index >= 15 is 0 Å². The van der Waals surface area contributed by atoms with Gasteiger partial charge in [0.2, 0.25) is 0 Å². The van der Waals surface area contributed by atoms with E-state index in [0.717, 1.165) is 12.8 Å². The fraction of sp³-hybridized carbons (Fsp3) is 0.875. The fourth-order valence-electron chi connectivity index (χ4n) is 3.72. The molecule has 0 spiro atoms. The van der Waals surface area contributed by atoms with Crippen LogP contribution >= 0.6 is 0 Å². The van der Waals surface area contributed by atoms with Crippen molar-refractivity contribution in [1.29, 1.82) is 0 Å². The number of rotatable bonds is 19. The average molecular weight is 383 g/mol. The van der Waals surface area contributed by atoms with E-state index in [-0.39, 0.29) is 5.97 Å². The molecular formula is C24H48NO2+. The molecule has 3 heteroatoms. The molecule has 0 unspecified atom stereocenters. The summed E-state index contributed by atoms with van der Waals surface area (Å²) < 4.78 is 6.53. The first-order valence-corrected chi connectivity index (χ1v) is 11.7. The maximum atomic E-state index is 11.4. The van der Waals surface area contributed by atoms with Crippen molar-refractivity contribution in [2.24, 2.45) is 0 Å². The van der Waals surface area contributed by atoms with Crippen molar-refractivity contribution in [3.63, 3.8) is 0 Å². The Balaban J connectivity index is 4.32. The fourth-order valence-corrected chi connectivity index (χ4v) is 3.72. The molecular weight excluding hydrogens is 334 g/mol. The number of carbonyl (C=O) groups is 1. The quantitative estimate of drug-likeness (QED) is 0.108. The molecule has 0 atom stereocenters. The van der Waals surface area contributed by atoms with Crippen molar-refractivity contribution < 1.29 is 14.0 Å². The molecule has 0 fully saturated rings. The summed E-state index contributed by atoms with van der Waals surface area (Å²) >= 11 is 0. The first-order chi connectivity index (χ1) is 13.0. The predicted octanol–water partition coefficient (Wildman–Crippen LogP) is 6.66. The molecule has 0 aromatic heterocycles. The second-order valence-electron chi connectivity index (χ2n) is 8.33. The number of carbonyl (C=O) groups excluding carboxylic acids is 1. The number of quaternary nitrogens is 1. The standard InChI is InChI=1S/C24H48NO2/c1-6-9-12-15-20-25(18-10-7-2,19-11-8-3)21-16-13-14-17-22-27-24(26)23(4)5/h4,6-22H2,1-3,5H3/q+1. The van der Waals surface area contributed by atoms with Crippen LogP contribution in [0.4, 0.5) is 0 Å². The molecule has 0 N–H and O–H groups in total. The summed E-state index contributed by atoms with van der Waals surface area (Å²) in [6.07, 6.45) is 15.5. The Bertz CT molecular complexity index is 371. The second-order valence-corrected chi connectivity index (χ2v) is 8.33. The number of esters is 1. The molecule has 0 rings (SSSR count). The van der Waals surface area contributed by atoms with Gasteiger partial charge in [-0.1, -0.05) is 53.0 Å². The van der Waals surface area contributed by atoms with Crippen LogP contribution in [0.1, 0.15) is 105 Å². The Kier molecular flexibility index (Phi) is 16.7. The molecule has 0 amide bonds. The van der Waals surface area contributed by atoms with E-state index in [0.29, 0.717) is 12.2 Å². The van der Waals surface area contributed by atoms with E-state index < -0.39 is 0 Å². The number of unbranched alkanes of at least 4 members (excludes halogenated alkanes) is 8. The van der Waals surface area contributed by atoms with Gasteiger partial charge in [0.15, 0.2) is 0 Å². The Morgan fingerprint density at radius 3 is 1.63 bits per heavy atom. The van der Waals surface area contributed by atoms with Gasteiger partial charge in [-0.15, -0.1) is 0 Å². The van der Waals surface area contributed by atoms with Crippen LogP contribution in [-0.4, -0.2) is 43.2 Å². The molecule has 0 bridgehead atoms. The summed E-state index contributed by atoms with van der Waals surface area (Å²) in [5.74, 6) is -0.253. The van der Waals surface area contributed by atoms with Gasteiger partial charge in [0.1, 0.15) is 0 Å². The molecule has 0 aliphatic heterocycles. The molecule has 27 heavy (non-hydrogen) atoms. The maximum Gasteiger partial charge on any atom is 0.333 e. The lowest BCUT2D eigenvalue weighted by Gasteiger charge is -2.39. The SMILES string of the molecule is C=C(C)C(=O)OCCCCCC[N+](CCCC)(CCCC)CCCCCC. The van der Waals surface area contributed by atoms with E-state index in [2.05, 4.69) is 27.4 Å². The second kappa shape index (κ2) is 17.3. The van der Waals surface area contributed by atoms with Crippen molar-refractivity contribution in [1.82, 2.24) is 0 Å². The third-order valence-corrected chi connectivity index (χ3v) is 5.57. The molecule has 0 aliphatic rings. The highest BCUT2D eigenvalue weighted by Crippen LogP contribution is 2.18. The summed E-state index contributed by atoms with van der Waals surface area (Å²) in [6, 6.07) is 0. The number of hydrogen-bond acceptors (Lipinski definition) is 2. The summed E-state index contributed by atoms with van der Waals surface area (Å²) in [6.45, 7) is 18.2. The highest BCUT2D eigenvalue weighted by atomic mass is 16.5. The van der Waals surface area contributed by atoms with Gasteiger partial charge in [-0.25, -0.2) is 4.79 Å². The van der Waals surface area contributed by atoms with E-state index in [9.17, 15) is 4.79 Å². The number of ether oxygens (including phenoxy) is 1. The highest BCUT2D eigenvalue weighted by Gasteiger charge is 2.25. The van der Waals surface area contributed by atoms with Crippen LogP contribution in [0.3, 0.4) is 0 Å². The van der Waals surface area contributed by atoms with Gasteiger partial charge in [-0.3, -0.25) is 0 Å². The third kappa shape index (κ3) is 13.9. The number of hydrogen-bond donors (Lipinski definition) is 0. The third-order valence-electron chi connectivity index (χ3n) is 5.57. The van der Waals surface area contributed by atoms with Gasteiger partial charge < -0.3 is 9.22 Å².